The molecule has 2 aliphatic rings. The maximum absolute atomic E-state index is 12.8. The number of aryl methyl sites for hydroxylation is 2. The van der Waals surface area contributed by atoms with Crippen molar-refractivity contribution in [3.8, 4) is 5.75 Å². The van der Waals surface area contributed by atoms with Crippen LogP contribution in [0.15, 0.2) is 28.7 Å². The first kappa shape index (κ1) is 21.7. The second kappa shape index (κ2) is 8.94. The fourth-order valence-electron chi connectivity index (χ4n) is 4.21. The average molecular weight is 441 g/mol. The van der Waals surface area contributed by atoms with Gasteiger partial charge in [-0.05, 0) is 44.5 Å². The van der Waals surface area contributed by atoms with Crippen molar-refractivity contribution < 1.29 is 23.5 Å². The third-order valence-corrected chi connectivity index (χ3v) is 5.92. The maximum atomic E-state index is 12.8. The number of nitrogens with zero attached hydrogens (tertiary/aromatic N) is 3. The lowest BCUT2D eigenvalue weighted by Gasteiger charge is -2.34. The molecule has 1 N–H and O–H groups in total. The van der Waals surface area contributed by atoms with Crippen molar-refractivity contribution in [2.75, 3.05) is 50.1 Å². The second-order valence-electron chi connectivity index (χ2n) is 8.07. The number of benzene rings is 1. The minimum Gasteiger partial charge on any atom is -0.495 e. The smallest absolute Gasteiger partial charge is 0.321 e. The molecule has 9 nitrogen and oxygen atoms in total. The first-order valence-electron chi connectivity index (χ1n) is 10.8. The van der Waals surface area contributed by atoms with Crippen molar-refractivity contribution in [3.05, 3.63) is 41.3 Å². The number of carbonyl (C=O) groups is 3. The number of urea groups is 1. The van der Waals surface area contributed by atoms with Gasteiger partial charge in [-0.3, -0.25) is 9.59 Å². The highest BCUT2D eigenvalue weighted by Gasteiger charge is 2.28. The zero-order valence-electron chi connectivity index (χ0n) is 18.6. The molecule has 2 fully saturated rings. The highest BCUT2D eigenvalue weighted by Crippen LogP contribution is 2.34. The van der Waals surface area contributed by atoms with Crippen molar-refractivity contribution in [2.45, 2.75) is 26.7 Å². The minimum atomic E-state index is -0.240. The lowest BCUT2D eigenvalue weighted by molar-refractivity contribution is -0.117. The Bertz CT molecular complexity index is 1040. The Hall–Kier alpha value is -3.49. The molecule has 0 unspecified atom stereocenters. The summed E-state index contributed by atoms with van der Waals surface area (Å²) in [6, 6.07) is 6.79. The number of rotatable bonds is 4. The number of hydrogen-bond donors (Lipinski definition) is 1. The monoisotopic (exact) mass is 440 g/mol. The molecule has 4 amide bonds. The van der Waals surface area contributed by atoms with Gasteiger partial charge in [-0.2, -0.15) is 0 Å². The van der Waals surface area contributed by atoms with Crippen molar-refractivity contribution in [1.82, 2.24) is 9.80 Å². The Balaban J connectivity index is 1.38. The summed E-state index contributed by atoms with van der Waals surface area (Å²) in [6.07, 6.45) is 1.32. The normalized spacial score (nSPS) is 16.5. The number of piperazine rings is 1. The molecule has 3 heterocycles. The minimum absolute atomic E-state index is 0.0515. The molecular weight excluding hydrogens is 412 g/mol. The summed E-state index contributed by atoms with van der Waals surface area (Å²) < 4.78 is 10.9. The Morgan fingerprint density at radius 1 is 1.03 bits per heavy atom. The van der Waals surface area contributed by atoms with E-state index in [1.54, 1.807) is 53.0 Å². The van der Waals surface area contributed by atoms with Gasteiger partial charge in [0.1, 0.15) is 17.3 Å². The van der Waals surface area contributed by atoms with Crippen LogP contribution in [0.1, 0.15) is 34.7 Å². The van der Waals surface area contributed by atoms with E-state index in [-0.39, 0.29) is 17.8 Å². The molecule has 0 saturated carbocycles. The first-order chi connectivity index (χ1) is 15.4. The quantitative estimate of drug-likeness (QED) is 0.789. The summed E-state index contributed by atoms with van der Waals surface area (Å²) in [5, 5.41) is 2.90. The van der Waals surface area contributed by atoms with E-state index in [0.29, 0.717) is 73.4 Å². The number of carbonyl (C=O) groups excluding carboxylic acids is 3. The summed E-state index contributed by atoms with van der Waals surface area (Å²) in [5.41, 5.74) is 1.82. The lowest BCUT2D eigenvalue weighted by atomic mass is 10.2. The Kier molecular flexibility index (Phi) is 6.07. The summed E-state index contributed by atoms with van der Waals surface area (Å²) in [5.74, 6) is 1.89. The molecule has 0 radical (unpaired) electrons. The number of furan rings is 1. The molecule has 0 atom stereocenters. The number of ether oxygens (including phenoxy) is 1. The molecule has 1 aromatic carbocycles. The molecule has 1 aromatic heterocycles. The van der Waals surface area contributed by atoms with E-state index in [1.165, 1.54) is 0 Å². The predicted molar refractivity (Wildman–Crippen MR) is 119 cm³/mol. The van der Waals surface area contributed by atoms with Crippen LogP contribution in [0.2, 0.25) is 0 Å². The first-order valence-corrected chi connectivity index (χ1v) is 10.8. The fourth-order valence-corrected chi connectivity index (χ4v) is 4.21. The second-order valence-corrected chi connectivity index (χ2v) is 8.07. The van der Waals surface area contributed by atoms with E-state index < -0.39 is 0 Å². The van der Waals surface area contributed by atoms with E-state index in [4.69, 9.17) is 9.15 Å². The lowest BCUT2D eigenvalue weighted by Crippen LogP contribution is -2.51. The maximum Gasteiger partial charge on any atom is 0.321 e. The Morgan fingerprint density at radius 3 is 2.34 bits per heavy atom. The van der Waals surface area contributed by atoms with Crippen LogP contribution in [0.5, 0.6) is 5.75 Å². The van der Waals surface area contributed by atoms with Crippen LogP contribution in [0, 0.1) is 13.8 Å². The molecule has 2 aliphatic heterocycles. The van der Waals surface area contributed by atoms with Gasteiger partial charge in [0.2, 0.25) is 5.91 Å². The van der Waals surface area contributed by atoms with Gasteiger partial charge in [0.05, 0.1) is 18.4 Å². The Morgan fingerprint density at radius 2 is 1.75 bits per heavy atom. The third-order valence-electron chi connectivity index (χ3n) is 5.92. The molecule has 2 aromatic rings. The predicted octanol–water partition coefficient (Wildman–Crippen LogP) is 3.02. The van der Waals surface area contributed by atoms with Crippen LogP contribution in [0.4, 0.5) is 16.2 Å². The van der Waals surface area contributed by atoms with Crippen molar-refractivity contribution >= 4 is 29.2 Å². The molecule has 9 heteroatoms. The molecular formula is C23H28N4O5. The number of amides is 4. The van der Waals surface area contributed by atoms with Crippen molar-refractivity contribution in [3.63, 3.8) is 0 Å². The van der Waals surface area contributed by atoms with E-state index >= 15 is 0 Å². The number of anilines is 2. The highest BCUT2D eigenvalue weighted by atomic mass is 16.5. The third kappa shape index (κ3) is 4.28. The highest BCUT2D eigenvalue weighted by molar-refractivity contribution is 5.98. The van der Waals surface area contributed by atoms with E-state index in [2.05, 4.69) is 5.32 Å². The van der Waals surface area contributed by atoms with Gasteiger partial charge in [0.15, 0.2) is 0 Å². The average Bonchev–Trinajstić information content (AvgIpc) is 3.37. The Labute approximate surface area is 186 Å². The van der Waals surface area contributed by atoms with Crippen molar-refractivity contribution in [1.29, 1.82) is 0 Å². The number of hydrogen-bond acceptors (Lipinski definition) is 5. The topological polar surface area (TPSA) is 95.3 Å². The van der Waals surface area contributed by atoms with E-state index in [0.717, 1.165) is 6.42 Å². The van der Waals surface area contributed by atoms with Crippen molar-refractivity contribution in [2.24, 2.45) is 0 Å². The van der Waals surface area contributed by atoms with Gasteiger partial charge >= 0.3 is 6.03 Å². The molecule has 170 valence electrons. The number of methoxy groups -OCH3 is 1. The zero-order chi connectivity index (χ0) is 22.8. The molecule has 32 heavy (non-hydrogen) atoms. The summed E-state index contributed by atoms with van der Waals surface area (Å²) in [7, 11) is 1.56. The van der Waals surface area contributed by atoms with Gasteiger partial charge in [-0.15, -0.1) is 0 Å². The van der Waals surface area contributed by atoms with E-state index in [9.17, 15) is 14.4 Å². The molecule has 0 bridgehead atoms. The summed E-state index contributed by atoms with van der Waals surface area (Å²) >= 11 is 0. The van der Waals surface area contributed by atoms with Gasteiger partial charge < -0.3 is 29.2 Å². The van der Waals surface area contributed by atoms with E-state index in [1.807, 2.05) is 6.92 Å². The van der Waals surface area contributed by atoms with Gasteiger partial charge in [-0.25, -0.2) is 4.79 Å². The number of nitrogens with one attached hydrogen (secondary N) is 1. The van der Waals surface area contributed by atoms with Gasteiger partial charge in [-0.1, -0.05) is 0 Å². The molecule has 2 saturated heterocycles. The standard InChI is InChI=1S/C23H28N4O5/c1-15-13-18(16(2)32-15)22(29)25-9-11-26(12-10-25)23(30)24-17-6-7-20(31-3)19(14-17)27-8-4-5-21(27)28/h6-7,13-14H,4-5,8-12H2,1-3H3,(H,24,30). The van der Waals surface area contributed by atoms with Gasteiger partial charge in [0, 0.05) is 44.8 Å². The SMILES string of the molecule is COc1ccc(NC(=O)N2CCN(C(=O)c3cc(C)oc3C)CC2)cc1N1CCCC1=O. The van der Waals surface area contributed by atoms with Crippen LogP contribution >= 0.6 is 0 Å². The van der Waals surface area contributed by atoms with Crippen LogP contribution < -0.4 is 15.0 Å². The van der Waals surface area contributed by atoms with Crippen LogP contribution in [0.3, 0.4) is 0 Å². The van der Waals surface area contributed by atoms with Crippen LogP contribution in [-0.4, -0.2) is 67.5 Å². The zero-order valence-corrected chi connectivity index (χ0v) is 18.6. The summed E-state index contributed by atoms with van der Waals surface area (Å²) in [6.45, 7) is 6.00. The van der Waals surface area contributed by atoms with Crippen LogP contribution in [-0.2, 0) is 4.79 Å². The molecule has 4 rings (SSSR count). The summed E-state index contributed by atoms with van der Waals surface area (Å²) in [4.78, 5) is 42.9. The molecule has 0 aliphatic carbocycles. The van der Waals surface area contributed by atoms with Crippen LogP contribution in [0.25, 0.3) is 0 Å². The fraction of sp³-hybridized carbons (Fsp3) is 0.435. The largest absolute Gasteiger partial charge is 0.495 e. The van der Waals surface area contributed by atoms with Gasteiger partial charge in [0.25, 0.3) is 5.91 Å². The molecule has 0 spiro atoms.